The highest BCUT2D eigenvalue weighted by Crippen LogP contribution is 2.20. The lowest BCUT2D eigenvalue weighted by atomic mass is 10.1. The van der Waals surface area contributed by atoms with Crippen molar-refractivity contribution in [3.05, 3.63) is 59.9 Å². The molecule has 0 saturated carbocycles. The van der Waals surface area contributed by atoms with Crippen molar-refractivity contribution in [3.8, 4) is 5.75 Å². The lowest BCUT2D eigenvalue weighted by molar-refractivity contribution is -0.123. The number of amides is 1. The standard InChI is InChI=1S/C18H19N3O2/c1-13-16(11-21(2)20-13)10-19-18(22)12-23-17-8-7-14-5-3-4-6-15(14)9-17/h3-9,11H,10,12H2,1-2H3,(H,19,22). The molecule has 0 fully saturated rings. The highest BCUT2D eigenvalue weighted by molar-refractivity contribution is 5.84. The smallest absolute Gasteiger partial charge is 0.258 e. The average molecular weight is 309 g/mol. The number of aryl methyl sites for hydroxylation is 2. The molecule has 23 heavy (non-hydrogen) atoms. The second-order valence-corrected chi connectivity index (χ2v) is 5.49. The minimum atomic E-state index is -0.151. The van der Waals surface area contributed by atoms with E-state index in [2.05, 4.69) is 10.4 Å². The Hall–Kier alpha value is -2.82. The van der Waals surface area contributed by atoms with E-state index >= 15 is 0 Å². The Morgan fingerprint density at radius 1 is 1.22 bits per heavy atom. The van der Waals surface area contributed by atoms with E-state index in [1.807, 2.05) is 62.6 Å². The minimum absolute atomic E-state index is 0.00233. The fourth-order valence-electron chi connectivity index (χ4n) is 2.47. The Kier molecular flexibility index (Phi) is 4.28. The van der Waals surface area contributed by atoms with Crippen molar-refractivity contribution in [1.29, 1.82) is 0 Å². The van der Waals surface area contributed by atoms with E-state index in [-0.39, 0.29) is 12.5 Å². The predicted molar refractivity (Wildman–Crippen MR) is 89.2 cm³/mol. The maximum absolute atomic E-state index is 11.9. The largest absolute Gasteiger partial charge is 0.484 e. The summed E-state index contributed by atoms with van der Waals surface area (Å²) in [7, 11) is 1.86. The topological polar surface area (TPSA) is 56.2 Å². The molecule has 1 N–H and O–H groups in total. The van der Waals surface area contributed by atoms with Crippen molar-refractivity contribution in [1.82, 2.24) is 15.1 Å². The van der Waals surface area contributed by atoms with Crippen LogP contribution in [0.2, 0.25) is 0 Å². The Morgan fingerprint density at radius 2 is 2.00 bits per heavy atom. The fraction of sp³-hybridized carbons (Fsp3) is 0.222. The molecule has 0 unspecified atom stereocenters. The average Bonchev–Trinajstić information content (AvgIpc) is 2.88. The van der Waals surface area contributed by atoms with Crippen molar-refractivity contribution in [2.24, 2.45) is 7.05 Å². The lowest BCUT2D eigenvalue weighted by Gasteiger charge is -2.08. The number of nitrogens with zero attached hydrogens (tertiary/aromatic N) is 2. The van der Waals surface area contributed by atoms with Gasteiger partial charge >= 0.3 is 0 Å². The summed E-state index contributed by atoms with van der Waals surface area (Å²) in [5.74, 6) is 0.540. The number of hydrogen-bond donors (Lipinski definition) is 1. The highest BCUT2D eigenvalue weighted by atomic mass is 16.5. The summed E-state index contributed by atoms with van der Waals surface area (Å²) in [6.45, 7) is 2.38. The van der Waals surface area contributed by atoms with Crippen LogP contribution in [0.1, 0.15) is 11.3 Å². The Bertz CT molecular complexity index is 839. The van der Waals surface area contributed by atoms with E-state index in [0.717, 1.165) is 22.0 Å². The second kappa shape index (κ2) is 6.52. The van der Waals surface area contributed by atoms with Crippen LogP contribution in [0.25, 0.3) is 10.8 Å². The third kappa shape index (κ3) is 3.69. The van der Waals surface area contributed by atoms with Gasteiger partial charge in [0.25, 0.3) is 5.91 Å². The SMILES string of the molecule is Cc1nn(C)cc1CNC(=O)COc1ccc2ccccc2c1. The van der Waals surface area contributed by atoms with Gasteiger partial charge in [-0.2, -0.15) is 5.10 Å². The van der Waals surface area contributed by atoms with Crippen molar-refractivity contribution < 1.29 is 9.53 Å². The van der Waals surface area contributed by atoms with Gasteiger partial charge in [0.15, 0.2) is 6.61 Å². The maximum atomic E-state index is 11.9. The third-order valence-corrected chi connectivity index (χ3v) is 3.68. The van der Waals surface area contributed by atoms with Crippen LogP contribution in [0.3, 0.4) is 0 Å². The number of carbonyl (C=O) groups is 1. The number of fused-ring (bicyclic) bond motifs is 1. The van der Waals surface area contributed by atoms with Crippen molar-refractivity contribution in [3.63, 3.8) is 0 Å². The molecular weight excluding hydrogens is 290 g/mol. The number of benzene rings is 2. The van der Waals surface area contributed by atoms with Crippen molar-refractivity contribution in [2.75, 3.05) is 6.61 Å². The molecule has 0 radical (unpaired) electrons. The van der Waals surface area contributed by atoms with E-state index in [1.54, 1.807) is 4.68 Å². The molecule has 5 nitrogen and oxygen atoms in total. The van der Waals surface area contributed by atoms with Gasteiger partial charge in [0, 0.05) is 25.4 Å². The maximum Gasteiger partial charge on any atom is 0.258 e. The molecule has 0 aliphatic rings. The van der Waals surface area contributed by atoms with Gasteiger partial charge in [-0.1, -0.05) is 30.3 Å². The zero-order valence-corrected chi connectivity index (χ0v) is 13.2. The first kappa shape index (κ1) is 15.1. The molecule has 1 amide bonds. The summed E-state index contributed by atoms with van der Waals surface area (Å²) in [5.41, 5.74) is 1.93. The van der Waals surface area contributed by atoms with Gasteiger partial charge in [-0.05, 0) is 29.8 Å². The summed E-state index contributed by atoms with van der Waals surface area (Å²) in [6.07, 6.45) is 1.90. The number of aromatic nitrogens is 2. The van der Waals surface area contributed by atoms with Gasteiger partial charge in [0.1, 0.15) is 5.75 Å². The molecule has 0 aliphatic heterocycles. The summed E-state index contributed by atoms with van der Waals surface area (Å²) in [5, 5.41) is 9.33. The van der Waals surface area contributed by atoms with Crippen LogP contribution in [0, 0.1) is 6.92 Å². The van der Waals surface area contributed by atoms with E-state index in [1.165, 1.54) is 0 Å². The van der Waals surface area contributed by atoms with Gasteiger partial charge in [0.05, 0.1) is 5.69 Å². The monoisotopic (exact) mass is 309 g/mol. The first-order chi connectivity index (χ1) is 11.1. The van der Waals surface area contributed by atoms with Crippen LogP contribution in [0.5, 0.6) is 5.75 Å². The normalized spacial score (nSPS) is 10.7. The Labute approximate surface area is 134 Å². The van der Waals surface area contributed by atoms with Gasteiger partial charge in [-0.15, -0.1) is 0 Å². The van der Waals surface area contributed by atoms with E-state index in [4.69, 9.17) is 4.74 Å². The molecule has 118 valence electrons. The predicted octanol–water partition coefficient (Wildman–Crippen LogP) is 2.58. The third-order valence-electron chi connectivity index (χ3n) is 3.68. The zero-order chi connectivity index (χ0) is 16.2. The Morgan fingerprint density at radius 3 is 2.74 bits per heavy atom. The first-order valence-electron chi connectivity index (χ1n) is 7.49. The second-order valence-electron chi connectivity index (χ2n) is 5.49. The molecule has 3 aromatic rings. The van der Waals surface area contributed by atoms with Gasteiger partial charge < -0.3 is 10.1 Å². The van der Waals surface area contributed by atoms with Crippen LogP contribution >= 0.6 is 0 Å². The molecular formula is C18H19N3O2. The number of carbonyl (C=O) groups excluding carboxylic acids is 1. The van der Waals surface area contributed by atoms with E-state index in [9.17, 15) is 4.79 Å². The minimum Gasteiger partial charge on any atom is -0.484 e. The zero-order valence-electron chi connectivity index (χ0n) is 13.2. The molecule has 3 rings (SSSR count). The first-order valence-corrected chi connectivity index (χ1v) is 7.49. The molecule has 2 aromatic carbocycles. The van der Waals surface area contributed by atoms with Crippen LogP contribution in [0.4, 0.5) is 0 Å². The van der Waals surface area contributed by atoms with Gasteiger partial charge in [-0.3, -0.25) is 9.48 Å². The molecule has 0 spiro atoms. The molecule has 1 aromatic heterocycles. The van der Waals surface area contributed by atoms with Crippen LogP contribution in [0.15, 0.2) is 48.7 Å². The lowest BCUT2D eigenvalue weighted by Crippen LogP contribution is -2.28. The number of ether oxygens (including phenoxy) is 1. The quantitative estimate of drug-likeness (QED) is 0.788. The van der Waals surface area contributed by atoms with Crippen LogP contribution in [-0.4, -0.2) is 22.3 Å². The van der Waals surface area contributed by atoms with Crippen molar-refractivity contribution >= 4 is 16.7 Å². The molecule has 0 saturated heterocycles. The molecule has 1 heterocycles. The van der Waals surface area contributed by atoms with E-state index in [0.29, 0.717) is 12.3 Å². The summed E-state index contributed by atoms with van der Waals surface area (Å²) < 4.78 is 7.31. The van der Waals surface area contributed by atoms with Crippen LogP contribution < -0.4 is 10.1 Å². The highest BCUT2D eigenvalue weighted by Gasteiger charge is 2.07. The number of hydrogen-bond acceptors (Lipinski definition) is 3. The van der Waals surface area contributed by atoms with Gasteiger partial charge in [0.2, 0.25) is 0 Å². The van der Waals surface area contributed by atoms with Gasteiger partial charge in [-0.25, -0.2) is 0 Å². The summed E-state index contributed by atoms with van der Waals surface area (Å²) >= 11 is 0. The number of rotatable bonds is 5. The number of nitrogens with one attached hydrogen (secondary N) is 1. The van der Waals surface area contributed by atoms with Crippen LogP contribution in [-0.2, 0) is 18.4 Å². The molecule has 0 aliphatic carbocycles. The fourth-order valence-corrected chi connectivity index (χ4v) is 2.47. The van der Waals surface area contributed by atoms with E-state index < -0.39 is 0 Å². The molecule has 5 heteroatoms. The Balaban J connectivity index is 1.54. The molecule has 0 bridgehead atoms. The summed E-state index contributed by atoms with van der Waals surface area (Å²) in [4.78, 5) is 11.9. The molecule has 0 atom stereocenters. The summed E-state index contributed by atoms with van der Waals surface area (Å²) in [6, 6.07) is 13.8. The van der Waals surface area contributed by atoms with Crippen molar-refractivity contribution in [2.45, 2.75) is 13.5 Å².